The molecule has 0 bridgehead atoms. The number of amides is 1. The van der Waals surface area contributed by atoms with Crippen LogP contribution in [0.15, 0.2) is 70.5 Å². The first kappa shape index (κ1) is 18.7. The van der Waals surface area contributed by atoms with Crippen LogP contribution in [0.25, 0.3) is 5.69 Å². The molecule has 1 N–H and O–H groups in total. The molecule has 0 fully saturated rings. The molecular formula is C19H16FN3O3S. The van der Waals surface area contributed by atoms with E-state index in [-0.39, 0.29) is 23.0 Å². The molecule has 1 aromatic heterocycles. The molecule has 0 atom stereocenters. The molecule has 1 amide bonds. The molecule has 0 unspecified atom stereocenters. The summed E-state index contributed by atoms with van der Waals surface area (Å²) in [4.78, 5) is 24.1. The fourth-order valence-corrected chi connectivity index (χ4v) is 2.90. The Morgan fingerprint density at radius 2 is 1.81 bits per heavy atom. The van der Waals surface area contributed by atoms with Crippen molar-refractivity contribution in [2.45, 2.75) is 5.03 Å². The summed E-state index contributed by atoms with van der Waals surface area (Å²) in [7, 11) is 1.56. The van der Waals surface area contributed by atoms with Crippen molar-refractivity contribution in [3.8, 4) is 11.4 Å². The summed E-state index contributed by atoms with van der Waals surface area (Å²) in [5.41, 5.74) is 0.831. The zero-order chi connectivity index (χ0) is 19.2. The summed E-state index contributed by atoms with van der Waals surface area (Å²) in [6, 6.07) is 15.4. The minimum absolute atomic E-state index is 0.102. The summed E-state index contributed by atoms with van der Waals surface area (Å²) < 4.78 is 19.3. The summed E-state index contributed by atoms with van der Waals surface area (Å²) in [5.74, 6) is 0.156. The van der Waals surface area contributed by atoms with Crippen LogP contribution in [0.4, 0.5) is 10.1 Å². The van der Waals surface area contributed by atoms with E-state index in [1.165, 1.54) is 46.8 Å². The average Bonchev–Trinajstić information content (AvgIpc) is 2.69. The van der Waals surface area contributed by atoms with Crippen LogP contribution in [0, 0.1) is 5.82 Å². The average molecular weight is 385 g/mol. The number of aromatic nitrogens is 2. The van der Waals surface area contributed by atoms with Crippen molar-refractivity contribution in [2.75, 3.05) is 18.2 Å². The van der Waals surface area contributed by atoms with Gasteiger partial charge >= 0.3 is 0 Å². The maximum absolute atomic E-state index is 12.9. The number of rotatable bonds is 6. The maximum Gasteiger partial charge on any atom is 0.271 e. The molecule has 3 rings (SSSR count). The number of halogens is 1. The Balaban J connectivity index is 1.67. The lowest BCUT2D eigenvalue weighted by Crippen LogP contribution is -2.20. The van der Waals surface area contributed by atoms with Crippen molar-refractivity contribution in [3.05, 3.63) is 76.8 Å². The zero-order valence-corrected chi connectivity index (χ0v) is 15.2. The second-order valence-corrected chi connectivity index (χ2v) is 6.46. The van der Waals surface area contributed by atoms with E-state index >= 15 is 0 Å². The fraction of sp³-hybridized carbons (Fsp3) is 0.105. The Morgan fingerprint density at radius 3 is 2.48 bits per heavy atom. The number of anilines is 1. The SMILES string of the molecule is COc1ccc(-n2nc(SCC(=O)Nc3ccc(F)cc3)ccc2=O)cc1. The van der Waals surface area contributed by atoms with E-state index < -0.39 is 0 Å². The Morgan fingerprint density at radius 1 is 1.11 bits per heavy atom. The van der Waals surface area contributed by atoms with Crippen LogP contribution < -0.4 is 15.6 Å². The molecule has 0 aliphatic heterocycles. The van der Waals surface area contributed by atoms with Gasteiger partial charge in [-0.05, 0) is 54.6 Å². The predicted molar refractivity (Wildman–Crippen MR) is 102 cm³/mol. The molecule has 6 nitrogen and oxygen atoms in total. The zero-order valence-electron chi connectivity index (χ0n) is 14.4. The minimum Gasteiger partial charge on any atom is -0.497 e. The van der Waals surface area contributed by atoms with Crippen molar-refractivity contribution < 1.29 is 13.9 Å². The molecule has 3 aromatic rings. The minimum atomic E-state index is -0.368. The number of hydrogen-bond donors (Lipinski definition) is 1. The Bertz CT molecular complexity index is 988. The Labute approximate surface area is 159 Å². The van der Waals surface area contributed by atoms with Crippen LogP contribution in [-0.2, 0) is 4.79 Å². The molecule has 0 aliphatic carbocycles. The second-order valence-electron chi connectivity index (χ2n) is 5.46. The maximum atomic E-state index is 12.9. The number of methoxy groups -OCH3 is 1. The summed E-state index contributed by atoms with van der Waals surface area (Å²) in [6.07, 6.45) is 0. The van der Waals surface area contributed by atoms with Gasteiger partial charge in [-0.3, -0.25) is 9.59 Å². The molecule has 1 heterocycles. The van der Waals surface area contributed by atoms with Gasteiger partial charge < -0.3 is 10.1 Å². The standard InChI is InChI=1S/C19H16FN3O3S/c1-26-16-8-6-15(7-9-16)23-19(25)11-10-18(22-23)27-12-17(24)21-14-4-2-13(20)3-5-14/h2-11H,12H2,1H3,(H,21,24). The summed E-state index contributed by atoms with van der Waals surface area (Å²) in [6.45, 7) is 0. The number of nitrogens with one attached hydrogen (secondary N) is 1. The van der Waals surface area contributed by atoms with E-state index in [1.54, 1.807) is 37.4 Å². The van der Waals surface area contributed by atoms with E-state index in [0.717, 1.165) is 0 Å². The number of carbonyl (C=O) groups is 1. The van der Waals surface area contributed by atoms with E-state index in [0.29, 0.717) is 22.2 Å². The molecular weight excluding hydrogens is 369 g/mol. The fourth-order valence-electron chi connectivity index (χ4n) is 2.25. The van der Waals surface area contributed by atoms with Gasteiger partial charge in [0.2, 0.25) is 5.91 Å². The molecule has 0 aliphatic rings. The van der Waals surface area contributed by atoms with E-state index in [9.17, 15) is 14.0 Å². The van der Waals surface area contributed by atoms with Crippen LogP contribution in [0.2, 0.25) is 0 Å². The molecule has 0 radical (unpaired) electrons. The van der Waals surface area contributed by atoms with Crippen LogP contribution >= 0.6 is 11.8 Å². The van der Waals surface area contributed by atoms with E-state index in [4.69, 9.17) is 4.74 Å². The van der Waals surface area contributed by atoms with Gasteiger partial charge in [0.15, 0.2) is 0 Å². The van der Waals surface area contributed by atoms with Gasteiger partial charge in [-0.25, -0.2) is 4.39 Å². The topological polar surface area (TPSA) is 73.2 Å². The van der Waals surface area contributed by atoms with Gasteiger partial charge in [-0.2, -0.15) is 9.78 Å². The van der Waals surface area contributed by atoms with Crippen molar-refractivity contribution in [1.29, 1.82) is 0 Å². The lowest BCUT2D eigenvalue weighted by atomic mass is 10.3. The first-order valence-electron chi connectivity index (χ1n) is 7.98. The van der Waals surface area contributed by atoms with Gasteiger partial charge in [0.05, 0.1) is 18.6 Å². The number of thioether (sulfide) groups is 1. The van der Waals surface area contributed by atoms with Crippen molar-refractivity contribution in [2.24, 2.45) is 0 Å². The molecule has 0 saturated heterocycles. The number of carbonyl (C=O) groups excluding carboxylic acids is 1. The third-order valence-electron chi connectivity index (χ3n) is 3.57. The van der Waals surface area contributed by atoms with Crippen LogP contribution in [0.5, 0.6) is 5.75 Å². The lowest BCUT2D eigenvalue weighted by Gasteiger charge is -2.08. The highest BCUT2D eigenvalue weighted by Gasteiger charge is 2.08. The van der Waals surface area contributed by atoms with Gasteiger partial charge in [-0.1, -0.05) is 11.8 Å². The van der Waals surface area contributed by atoms with Crippen LogP contribution in [0.1, 0.15) is 0 Å². The number of hydrogen-bond acceptors (Lipinski definition) is 5. The van der Waals surface area contributed by atoms with Gasteiger partial charge in [0, 0.05) is 11.8 Å². The molecule has 2 aromatic carbocycles. The van der Waals surface area contributed by atoms with E-state index in [2.05, 4.69) is 10.4 Å². The number of nitrogens with zero attached hydrogens (tertiary/aromatic N) is 2. The highest BCUT2D eigenvalue weighted by Crippen LogP contribution is 2.17. The van der Waals surface area contributed by atoms with E-state index in [1.807, 2.05) is 0 Å². The number of benzene rings is 2. The third-order valence-corrected chi connectivity index (χ3v) is 4.49. The Kier molecular flexibility index (Phi) is 5.87. The monoisotopic (exact) mass is 385 g/mol. The highest BCUT2D eigenvalue weighted by atomic mass is 32.2. The van der Waals surface area contributed by atoms with Gasteiger partial charge in [-0.15, -0.1) is 0 Å². The highest BCUT2D eigenvalue weighted by molar-refractivity contribution is 7.99. The summed E-state index contributed by atoms with van der Waals surface area (Å²) in [5, 5.41) is 7.49. The quantitative estimate of drug-likeness (QED) is 0.660. The molecule has 27 heavy (non-hydrogen) atoms. The molecule has 8 heteroatoms. The van der Waals surface area contributed by atoms with Gasteiger partial charge in [0.25, 0.3) is 5.56 Å². The first-order valence-corrected chi connectivity index (χ1v) is 8.97. The Hall–Kier alpha value is -3.13. The first-order chi connectivity index (χ1) is 13.0. The molecule has 138 valence electrons. The van der Waals surface area contributed by atoms with Crippen molar-refractivity contribution in [3.63, 3.8) is 0 Å². The smallest absolute Gasteiger partial charge is 0.271 e. The van der Waals surface area contributed by atoms with Crippen molar-refractivity contribution >= 4 is 23.4 Å². The van der Waals surface area contributed by atoms with Crippen LogP contribution in [0.3, 0.4) is 0 Å². The van der Waals surface area contributed by atoms with Crippen molar-refractivity contribution in [1.82, 2.24) is 9.78 Å². The number of ether oxygens (including phenoxy) is 1. The summed E-state index contributed by atoms with van der Waals surface area (Å²) >= 11 is 1.19. The molecule has 0 spiro atoms. The molecule has 0 saturated carbocycles. The predicted octanol–water partition coefficient (Wildman–Crippen LogP) is 3.11. The third kappa shape index (κ3) is 4.95. The van der Waals surface area contributed by atoms with Gasteiger partial charge in [0.1, 0.15) is 16.6 Å². The van der Waals surface area contributed by atoms with Crippen LogP contribution in [-0.4, -0.2) is 28.6 Å². The second kappa shape index (κ2) is 8.50. The lowest BCUT2D eigenvalue weighted by molar-refractivity contribution is -0.113. The largest absolute Gasteiger partial charge is 0.497 e. The normalized spacial score (nSPS) is 10.4.